The molecule has 0 radical (unpaired) electrons. The molecule has 0 amide bonds. The lowest BCUT2D eigenvalue weighted by molar-refractivity contribution is -0.140. The van der Waals surface area contributed by atoms with Gasteiger partial charge in [-0.3, -0.25) is 4.79 Å². The quantitative estimate of drug-likeness (QED) is 0.717. The SMILES string of the molecule is O=C(O)C(Cc1ccccc1)C1=CCC(O)(O)C=C1. The summed E-state index contributed by atoms with van der Waals surface area (Å²) in [5.41, 5.74) is 1.55. The van der Waals surface area contributed by atoms with E-state index in [2.05, 4.69) is 0 Å². The van der Waals surface area contributed by atoms with Gasteiger partial charge in [0.25, 0.3) is 0 Å². The fourth-order valence-corrected chi connectivity index (χ4v) is 2.09. The van der Waals surface area contributed by atoms with Crippen LogP contribution < -0.4 is 0 Å². The molecule has 1 unspecified atom stereocenters. The highest BCUT2D eigenvalue weighted by atomic mass is 16.5. The third kappa shape index (κ3) is 3.53. The molecule has 1 aliphatic carbocycles. The van der Waals surface area contributed by atoms with E-state index in [9.17, 15) is 20.1 Å². The average molecular weight is 260 g/mol. The van der Waals surface area contributed by atoms with Crippen molar-refractivity contribution in [3.63, 3.8) is 0 Å². The lowest BCUT2D eigenvalue weighted by Crippen LogP contribution is -2.28. The summed E-state index contributed by atoms with van der Waals surface area (Å²) in [6, 6.07) is 9.37. The first-order valence-corrected chi connectivity index (χ1v) is 6.09. The Balaban J connectivity index is 2.17. The van der Waals surface area contributed by atoms with Crippen molar-refractivity contribution in [2.45, 2.75) is 18.6 Å². The summed E-state index contributed by atoms with van der Waals surface area (Å²) in [6.07, 6.45) is 4.67. The highest BCUT2D eigenvalue weighted by Gasteiger charge is 2.27. The maximum Gasteiger partial charge on any atom is 0.311 e. The zero-order valence-corrected chi connectivity index (χ0v) is 10.4. The predicted molar refractivity (Wildman–Crippen MR) is 70.3 cm³/mol. The Labute approximate surface area is 111 Å². The summed E-state index contributed by atoms with van der Waals surface area (Å²) >= 11 is 0. The number of carbonyl (C=O) groups is 1. The maximum atomic E-state index is 11.4. The van der Waals surface area contributed by atoms with E-state index in [0.717, 1.165) is 5.56 Å². The molecule has 4 heteroatoms. The summed E-state index contributed by atoms with van der Waals surface area (Å²) in [7, 11) is 0. The second-order valence-electron chi connectivity index (χ2n) is 4.70. The molecule has 0 aromatic heterocycles. The highest BCUT2D eigenvalue weighted by molar-refractivity contribution is 5.75. The van der Waals surface area contributed by atoms with Gasteiger partial charge in [0.2, 0.25) is 0 Å². The van der Waals surface area contributed by atoms with E-state index < -0.39 is 17.7 Å². The zero-order valence-electron chi connectivity index (χ0n) is 10.4. The molecule has 100 valence electrons. The van der Waals surface area contributed by atoms with Crippen molar-refractivity contribution in [1.82, 2.24) is 0 Å². The molecule has 4 nitrogen and oxygen atoms in total. The van der Waals surface area contributed by atoms with Crippen molar-refractivity contribution < 1.29 is 20.1 Å². The van der Waals surface area contributed by atoms with Crippen molar-refractivity contribution in [2.75, 3.05) is 0 Å². The van der Waals surface area contributed by atoms with Crippen LogP contribution >= 0.6 is 0 Å². The van der Waals surface area contributed by atoms with Crippen LogP contribution in [0.3, 0.4) is 0 Å². The van der Waals surface area contributed by atoms with E-state index in [4.69, 9.17) is 0 Å². The normalized spacial score (nSPS) is 18.7. The number of carboxylic acids is 1. The Morgan fingerprint density at radius 3 is 2.47 bits per heavy atom. The molecule has 0 fully saturated rings. The van der Waals surface area contributed by atoms with Crippen molar-refractivity contribution in [2.24, 2.45) is 5.92 Å². The highest BCUT2D eigenvalue weighted by Crippen LogP contribution is 2.26. The number of hydrogen-bond acceptors (Lipinski definition) is 3. The lowest BCUT2D eigenvalue weighted by Gasteiger charge is -2.23. The molecule has 1 aliphatic rings. The summed E-state index contributed by atoms with van der Waals surface area (Å²) in [5.74, 6) is -3.45. The number of aliphatic hydroxyl groups is 2. The molecule has 1 aromatic rings. The van der Waals surface area contributed by atoms with E-state index in [1.807, 2.05) is 30.3 Å². The molecule has 19 heavy (non-hydrogen) atoms. The minimum atomic E-state index is -1.86. The Hall–Kier alpha value is -1.91. The van der Waals surface area contributed by atoms with Gasteiger partial charge < -0.3 is 15.3 Å². The Morgan fingerprint density at radius 1 is 1.26 bits per heavy atom. The number of hydrogen-bond donors (Lipinski definition) is 3. The van der Waals surface area contributed by atoms with Crippen LogP contribution in [0.15, 0.2) is 54.1 Å². The monoisotopic (exact) mass is 260 g/mol. The maximum absolute atomic E-state index is 11.4. The number of rotatable bonds is 4. The van der Waals surface area contributed by atoms with E-state index in [1.54, 1.807) is 6.08 Å². The molecule has 1 atom stereocenters. The number of carboxylic acid groups (broad SMARTS) is 1. The summed E-state index contributed by atoms with van der Waals surface area (Å²) < 4.78 is 0. The first-order chi connectivity index (χ1) is 8.98. The van der Waals surface area contributed by atoms with Crippen LogP contribution in [-0.4, -0.2) is 27.1 Å². The molecule has 2 rings (SSSR count). The average Bonchev–Trinajstić information content (AvgIpc) is 2.37. The summed E-state index contributed by atoms with van der Waals surface area (Å²) in [4.78, 5) is 11.4. The molecule has 0 saturated carbocycles. The van der Waals surface area contributed by atoms with Crippen LogP contribution in [0.1, 0.15) is 12.0 Å². The minimum Gasteiger partial charge on any atom is -0.481 e. The largest absolute Gasteiger partial charge is 0.481 e. The van der Waals surface area contributed by atoms with Gasteiger partial charge >= 0.3 is 5.97 Å². The van der Waals surface area contributed by atoms with Crippen molar-refractivity contribution >= 4 is 5.97 Å². The van der Waals surface area contributed by atoms with Crippen molar-refractivity contribution in [1.29, 1.82) is 0 Å². The van der Waals surface area contributed by atoms with Crippen LogP contribution in [-0.2, 0) is 11.2 Å². The van der Waals surface area contributed by atoms with Crippen LogP contribution in [0.25, 0.3) is 0 Å². The third-order valence-corrected chi connectivity index (χ3v) is 3.16. The smallest absolute Gasteiger partial charge is 0.311 e. The van der Waals surface area contributed by atoms with Gasteiger partial charge in [-0.25, -0.2) is 0 Å². The first-order valence-electron chi connectivity index (χ1n) is 6.09. The van der Waals surface area contributed by atoms with E-state index in [1.165, 1.54) is 12.2 Å². The van der Waals surface area contributed by atoms with Crippen LogP contribution in [0, 0.1) is 5.92 Å². The van der Waals surface area contributed by atoms with Crippen LogP contribution in [0.4, 0.5) is 0 Å². The number of benzene rings is 1. The van der Waals surface area contributed by atoms with Gasteiger partial charge in [0.1, 0.15) is 0 Å². The molecule has 0 heterocycles. The van der Waals surface area contributed by atoms with Gasteiger partial charge in [-0.05, 0) is 23.6 Å². The van der Waals surface area contributed by atoms with Crippen LogP contribution in [0.2, 0.25) is 0 Å². The van der Waals surface area contributed by atoms with E-state index in [-0.39, 0.29) is 6.42 Å². The van der Waals surface area contributed by atoms with Crippen molar-refractivity contribution in [3.8, 4) is 0 Å². The van der Waals surface area contributed by atoms with Gasteiger partial charge in [-0.1, -0.05) is 42.5 Å². The Kier molecular flexibility index (Phi) is 3.83. The first kappa shape index (κ1) is 13.5. The second-order valence-corrected chi connectivity index (χ2v) is 4.70. The van der Waals surface area contributed by atoms with Gasteiger partial charge in [-0.15, -0.1) is 0 Å². The number of aliphatic carboxylic acids is 1. The van der Waals surface area contributed by atoms with Gasteiger partial charge in [0, 0.05) is 6.42 Å². The Bertz CT molecular complexity index is 514. The van der Waals surface area contributed by atoms with Crippen molar-refractivity contribution in [3.05, 3.63) is 59.7 Å². The summed E-state index contributed by atoms with van der Waals surface area (Å²) in [5, 5.41) is 28.1. The Morgan fingerprint density at radius 2 is 1.95 bits per heavy atom. The zero-order chi connectivity index (χ0) is 13.9. The molecule has 3 N–H and O–H groups in total. The standard InChI is InChI=1S/C15H16O4/c16-14(17)13(10-11-4-2-1-3-5-11)12-6-8-15(18,19)9-7-12/h1-8,13,18-19H,9-10H2,(H,16,17). The van der Waals surface area contributed by atoms with Gasteiger partial charge in [0.15, 0.2) is 5.79 Å². The second kappa shape index (κ2) is 5.38. The van der Waals surface area contributed by atoms with E-state index >= 15 is 0 Å². The molecule has 1 aromatic carbocycles. The molecule has 0 spiro atoms. The molecule has 0 saturated heterocycles. The minimum absolute atomic E-state index is 0.0113. The van der Waals surface area contributed by atoms with Gasteiger partial charge in [-0.2, -0.15) is 0 Å². The molecule has 0 bridgehead atoms. The molecular formula is C15H16O4. The van der Waals surface area contributed by atoms with Gasteiger partial charge in [0.05, 0.1) is 5.92 Å². The fraction of sp³-hybridized carbons (Fsp3) is 0.267. The number of allylic oxidation sites excluding steroid dienone is 1. The lowest BCUT2D eigenvalue weighted by atomic mass is 9.87. The summed E-state index contributed by atoms with van der Waals surface area (Å²) in [6.45, 7) is 0. The molecule has 0 aliphatic heterocycles. The topological polar surface area (TPSA) is 77.8 Å². The third-order valence-electron chi connectivity index (χ3n) is 3.16. The van der Waals surface area contributed by atoms with Crippen LogP contribution in [0.5, 0.6) is 0 Å². The fourth-order valence-electron chi connectivity index (χ4n) is 2.09. The predicted octanol–water partition coefficient (Wildman–Crippen LogP) is 1.50. The molecular weight excluding hydrogens is 244 g/mol. The van der Waals surface area contributed by atoms with E-state index in [0.29, 0.717) is 12.0 Å².